The minimum Gasteiger partial charge on any atom is -0.480 e. The van der Waals surface area contributed by atoms with Crippen LogP contribution in [0.1, 0.15) is 26.7 Å². The van der Waals surface area contributed by atoms with Crippen molar-refractivity contribution in [3.8, 4) is 0 Å². The summed E-state index contributed by atoms with van der Waals surface area (Å²) >= 11 is 0. The Labute approximate surface area is 92.2 Å². The first-order chi connectivity index (χ1) is 7.31. The maximum atomic E-state index is 10.9. The number of rotatable bonds is 6. The lowest BCUT2D eigenvalue weighted by Crippen LogP contribution is -2.47. The molecule has 0 radical (unpaired) electrons. The van der Waals surface area contributed by atoms with Crippen molar-refractivity contribution in [2.24, 2.45) is 5.41 Å². The Hall–Kier alpha value is -1.85. The topological polar surface area (TPSA) is 112 Å². The van der Waals surface area contributed by atoms with Gasteiger partial charge in [-0.15, -0.1) is 0 Å². The summed E-state index contributed by atoms with van der Waals surface area (Å²) in [6.45, 7) is 3.01. The molecule has 90 valence electrons. The van der Waals surface area contributed by atoms with E-state index in [4.69, 9.17) is 15.3 Å². The van der Waals surface area contributed by atoms with Gasteiger partial charge in [-0.3, -0.25) is 0 Å². The molecular formula is C10H14O6. The summed E-state index contributed by atoms with van der Waals surface area (Å²) in [7, 11) is 0. The molecule has 6 nitrogen and oxygen atoms in total. The average molecular weight is 230 g/mol. The van der Waals surface area contributed by atoms with Crippen molar-refractivity contribution in [3.63, 3.8) is 0 Å². The second kappa shape index (κ2) is 5.29. The number of allylic oxidation sites excluding steroid dienone is 1. The second-order valence-electron chi connectivity index (χ2n) is 3.34. The molecule has 0 saturated carbocycles. The Bertz CT molecular complexity index is 305. The van der Waals surface area contributed by atoms with E-state index in [9.17, 15) is 14.4 Å². The summed E-state index contributed by atoms with van der Waals surface area (Å²) in [6, 6.07) is 0. The van der Waals surface area contributed by atoms with Gasteiger partial charge in [0.15, 0.2) is 0 Å². The van der Waals surface area contributed by atoms with E-state index in [1.807, 2.05) is 6.92 Å². The van der Waals surface area contributed by atoms with E-state index >= 15 is 0 Å². The Kier molecular flexibility index (Phi) is 4.68. The van der Waals surface area contributed by atoms with Gasteiger partial charge < -0.3 is 15.3 Å². The fourth-order valence-electron chi connectivity index (χ4n) is 1.29. The normalized spacial score (nSPS) is 12.2. The molecule has 0 spiro atoms. The molecule has 0 bridgehead atoms. The minimum absolute atomic E-state index is 0.193. The van der Waals surface area contributed by atoms with E-state index in [1.54, 1.807) is 0 Å². The molecule has 0 rings (SSSR count). The van der Waals surface area contributed by atoms with Crippen LogP contribution in [-0.2, 0) is 14.4 Å². The van der Waals surface area contributed by atoms with Crippen molar-refractivity contribution in [2.75, 3.05) is 0 Å². The standard InChI is InChI=1S/C10H14O6/c1-3-4-5-6(2)10(7(11)12,8(13)14)9(15)16/h5H,3-4H2,1-2H3,(H,11,12)(H,13,14)(H,15,16). The Morgan fingerprint density at radius 2 is 1.44 bits per heavy atom. The van der Waals surface area contributed by atoms with E-state index in [-0.39, 0.29) is 5.57 Å². The Morgan fingerprint density at radius 1 is 1.06 bits per heavy atom. The third-order valence-corrected chi connectivity index (χ3v) is 2.29. The zero-order chi connectivity index (χ0) is 12.9. The first-order valence-electron chi connectivity index (χ1n) is 4.69. The van der Waals surface area contributed by atoms with Crippen molar-refractivity contribution < 1.29 is 29.7 Å². The molecule has 0 unspecified atom stereocenters. The molecule has 3 N–H and O–H groups in total. The van der Waals surface area contributed by atoms with Crippen molar-refractivity contribution >= 4 is 17.9 Å². The van der Waals surface area contributed by atoms with Gasteiger partial charge >= 0.3 is 17.9 Å². The summed E-state index contributed by atoms with van der Waals surface area (Å²) < 4.78 is 0. The first kappa shape index (κ1) is 14.2. The van der Waals surface area contributed by atoms with Crippen LogP contribution in [0.2, 0.25) is 0 Å². The zero-order valence-corrected chi connectivity index (χ0v) is 9.06. The molecule has 0 aliphatic rings. The molecule has 0 amide bonds. The highest BCUT2D eigenvalue weighted by Crippen LogP contribution is 2.29. The maximum absolute atomic E-state index is 10.9. The van der Waals surface area contributed by atoms with Crippen LogP contribution >= 0.6 is 0 Å². The van der Waals surface area contributed by atoms with Crippen LogP contribution in [0, 0.1) is 5.41 Å². The third kappa shape index (κ3) is 2.21. The maximum Gasteiger partial charge on any atom is 0.337 e. The van der Waals surface area contributed by atoms with Crippen molar-refractivity contribution in [3.05, 3.63) is 11.6 Å². The number of carboxylic acids is 3. The zero-order valence-electron chi connectivity index (χ0n) is 9.06. The molecule has 0 aliphatic heterocycles. The fraction of sp³-hybridized carbons (Fsp3) is 0.500. The molecule has 0 aromatic heterocycles. The SMILES string of the molecule is CCCC=C(C)C(C(=O)O)(C(=O)O)C(=O)O. The van der Waals surface area contributed by atoms with E-state index in [0.717, 1.165) is 0 Å². The predicted octanol–water partition coefficient (Wildman–Crippen LogP) is 0.973. The lowest BCUT2D eigenvalue weighted by atomic mass is 9.80. The summed E-state index contributed by atoms with van der Waals surface area (Å²) in [6.07, 6.45) is 2.43. The second-order valence-corrected chi connectivity index (χ2v) is 3.34. The summed E-state index contributed by atoms with van der Waals surface area (Å²) in [4.78, 5) is 32.7. The van der Waals surface area contributed by atoms with E-state index < -0.39 is 23.3 Å². The largest absolute Gasteiger partial charge is 0.480 e. The summed E-state index contributed by atoms with van der Waals surface area (Å²) in [5, 5.41) is 26.5. The molecule has 0 aliphatic carbocycles. The quantitative estimate of drug-likeness (QED) is 0.463. The van der Waals surface area contributed by atoms with Gasteiger partial charge in [0.25, 0.3) is 5.41 Å². The number of hydrogen-bond acceptors (Lipinski definition) is 3. The monoisotopic (exact) mass is 230 g/mol. The van der Waals surface area contributed by atoms with Crippen molar-refractivity contribution in [1.82, 2.24) is 0 Å². The molecule has 0 atom stereocenters. The number of hydrogen-bond donors (Lipinski definition) is 3. The van der Waals surface area contributed by atoms with Crippen LogP contribution in [0.25, 0.3) is 0 Å². The number of aliphatic carboxylic acids is 3. The van der Waals surface area contributed by atoms with Gasteiger partial charge in [-0.05, 0) is 18.9 Å². The van der Waals surface area contributed by atoms with Gasteiger partial charge in [0.05, 0.1) is 0 Å². The molecule has 0 saturated heterocycles. The third-order valence-electron chi connectivity index (χ3n) is 2.29. The smallest absolute Gasteiger partial charge is 0.337 e. The fourth-order valence-corrected chi connectivity index (χ4v) is 1.29. The van der Waals surface area contributed by atoms with Crippen LogP contribution in [0.15, 0.2) is 11.6 Å². The van der Waals surface area contributed by atoms with E-state index in [2.05, 4.69) is 0 Å². The molecule has 6 heteroatoms. The number of carboxylic acid groups (broad SMARTS) is 3. The van der Waals surface area contributed by atoms with Crippen LogP contribution in [-0.4, -0.2) is 33.2 Å². The van der Waals surface area contributed by atoms with Gasteiger partial charge in [-0.25, -0.2) is 14.4 Å². The minimum atomic E-state index is -2.88. The van der Waals surface area contributed by atoms with Gasteiger partial charge in [0.2, 0.25) is 0 Å². The molecule has 0 aromatic carbocycles. The Morgan fingerprint density at radius 3 is 1.69 bits per heavy atom. The van der Waals surface area contributed by atoms with Gasteiger partial charge in [0, 0.05) is 0 Å². The van der Waals surface area contributed by atoms with Crippen LogP contribution in [0.5, 0.6) is 0 Å². The molecular weight excluding hydrogens is 216 g/mol. The highest BCUT2D eigenvalue weighted by atomic mass is 16.4. The van der Waals surface area contributed by atoms with Gasteiger partial charge in [-0.1, -0.05) is 19.4 Å². The lowest BCUT2D eigenvalue weighted by Gasteiger charge is -2.20. The van der Waals surface area contributed by atoms with Crippen molar-refractivity contribution in [1.29, 1.82) is 0 Å². The number of carbonyl (C=O) groups is 3. The predicted molar refractivity (Wildman–Crippen MR) is 54.0 cm³/mol. The lowest BCUT2D eigenvalue weighted by molar-refractivity contribution is -0.171. The Balaban J connectivity index is 5.63. The van der Waals surface area contributed by atoms with Crippen LogP contribution in [0.4, 0.5) is 0 Å². The number of unbranched alkanes of at least 4 members (excludes halogenated alkanes) is 1. The van der Waals surface area contributed by atoms with Gasteiger partial charge in [-0.2, -0.15) is 0 Å². The van der Waals surface area contributed by atoms with Gasteiger partial charge in [0.1, 0.15) is 0 Å². The highest BCUT2D eigenvalue weighted by molar-refractivity contribution is 6.19. The average Bonchev–Trinajstić information content (AvgIpc) is 2.13. The van der Waals surface area contributed by atoms with Crippen LogP contribution in [0.3, 0.4) is 0 Å². The highest BCUT2D eigenvalue weighted by Gasteiger charge is 2.55. The summed E-state index contributed by atoms with van der Waals surface area (Å²) in [5.74, 6) is -5.67. The molecule has 16 heavy (non-hydrogen) atoms. The van der Waals surface area contributed by atoms with Crippen LogP contribution < -0.4 is 0 Å². The molecule has 0 aromatic rings. The molecule has 0 fully saturated rings. The van der Waals surface area contributed by atoms with E-state index in [0.29, 0.717) is 12.8 Å². The van der Waals surface area contributed by atoms with Crippen molar-refractivity contribution in [2.45, 2.75) is 26.7 Å². The first-order valence-corrected chi connectivity index (χ1v) is 4.69. The summed E-state index contributed by atoms with van der Waals surface area (Å²) in [5.41, 5.74) is -3.07. The van der Waals surface area contributed by atoms with E-state index in [1.165, 1.54) is 13.0 Å². The molecule has 0 heterocycles.